The second-order valence-corrected chi connectivity index (χ2v) is 5.38. The molecule has 1 aliphatic carbocycles. The van der Waals surface area contributed by atoms with E-state index in [1.165, 1.54) is 31.4 Å². The van der Waals surface area contributed by atoms with Gasteiger partial charge in [0.15, 0.2) is 0 Å². The normalized spacial score (nSPS) is 34.3. The van der Waals surface area contributed by atoms with Gasteiger partial charge in [0.1, 0.15) is 0 Å². The van der Waals surface area contributed by atoms with Crippen molar-refractivity contribution in [2.75, 3.05) is 20.1 Å². The van der Waals surface area contributed by atoms with Crippen molar-refractivity contribution in [3.8, 4) is 0 Å². The molecule has 1 aromatic heterocycles. The van der Waals surface area contributed by atoms with Crippen molar-refractivity contribution in [3.63, 3.8) is 0 Å². The van der Waals surface area contributed by atoms with Crippen molar-refractivity contribution >= 4 is 0 Å². The van der Waals surface area contributed by atoms with E-state index in [4.69, 9.17) is 0 Å². The van der Waals surface area contributed by atoms with Crippen molar-refractivity contribution in [1.82, 2.24) is 15.2 Å². The molecule has 2 aliphatic rings. The summed E-state index contributed by atoms with van der Waals surface area (Å²) >= 11 is 0. The largest absolute Gasteiger partial charge is 0.314 e. The third kappa shape index (κ3) is 2.09. The molecule has 3 unspecified atom stereocenters. The molecule has 92 valence electrons. The van der Waals surface area contributed by atoms with Crippen LogP contribution in [0.5, 0.6) is 0 Å². The minimum atomic E-state index is 0.483. The molecular weight excluding hydrogens is 210 g/mol. The molecule has 1 N–H and O–H groups in total. The SMILES string of the molecule is CN1C(c2cccnc2)CNCC2CCCC21. The number of hydrogen-bond acceptors (Lipinski definition) is 3. The maximum atomic E-state index is 4.26. The molecule has 0 amide bonds. The first-order valence-corrected chi connectivity index (χ1v) is 6.69. The van der Waals surface area contributed by atoms with E-state index in [0.717, 1.165) is 18.5 Å². The van der Waals surface area contributed by atoms with E-state index in [9.17, 15) is 0 Å². The summed E-state index contributed by atoms with van der Waals surface area (Å²) in [5.41, 5.74) is 1.34. The Kier molecular flexibility index (Phi) is 3.12. The van der Waals surface area contributed by atoms with Gasteiger partial charge in [0.25, 0.3) is 0 Å². The van der Waals surface area contributed by atoms with Crippen LogP contribution in [0, 0.1) is 5.92 Å². The zero-order chi connectivity index (χ0) is 11.7. The Morgan fingerprint density at radius 2 is 2.29 bits per heavy atom. The molecule has 3 heteroatoms. The summed E-state index contributed by atoms with van der Waals surface area (Å²) < 4.78 is 0. The smallest absolute Gasteiger partial charge is 0.0487 e. The highest BCUT2D eigenvalue weighted by atomic mass is 15.2. The molecule has 0 aromatic carbocycles. The first kappa shape index (κ1) is 11.2. The summed E-state index contributed by atoms with van der Waals surface area (Å²) in [7, 11) is 2.29. The zero-order valence-corrected chi connectivity index (χ0v) is 10.5. The van der Waals surface area contributed by atoms with E-state index in [1.54, 1.807) is 0 Å². The molecule has 3 nitrogen and oxygen atoms in total. The Hall–Kier alpha value is -0.930. The number of rotatable bonds is 1. The van der Waals surface area contributed by atoms with Crippen LogP contribution < -0.4 is 5.32 Å². The summed E-state index contributed by atoms with van der Waals surface area (Å²) in [4.78, 5) is 6.83. The lowest BCUT2D eigenvalue weighted by atomic mass is 10.0. The molecule has 1 aliphatic heterocycles. The standard InChI is InChI=1S/C14H21N3/c1-17-13-6-2-4-11(13)9-16-10-14(17)12-5-3-7-15-8-12/h3,5,7-8,11,13-14,16H,2,4,6,9-10H2,1H3. The van der Waals surface area contributed by atoms with Crippen LogP contribution >= 0.6 is 0 Å². The summed E-state index contributed by atoms with van der Waals surface area (Å²) in [6.45, 7) is 2.24. The molecule has 2 heterocycles. The van der Waals surface area contributed by atoms with Gasteiger partial charge in [0.2, 0.25) is 0 Å². The first-order valence-electron chi connectivity index (χ1n) is 6.69. The summed E-state index contributed by atoms with van der Waals surface area (Å²) in [5, 5.41) is 3.63. The predicted octanol–water partition coefficient (Wildman–Crippen LogP) is 1.83. The van der Waals surface area contributed by atoms with E-state index < -0.39 is 0 Å². The quantitative estimate of drug-likeness (QED) is 0.799. The van der Waals surface area contributed by atoms with Crippen LogP contribution in [0.3, 0.4) is 0 Å². The van der Waals surface area contributed by atoms with E-state index >= 15 is 0 Å². The molecule has 1 saturated carbocycles. The second-order valence-electron chi connectivity index (χ2n) is 5.38. The highest BCUT2D eigenvalue weighted by molar-refractivity contribution is 5.16. The van der Waals surface area contributed by atoms with E-state index in [2.05, 4.69) is 28.3 Å². The van der Waals surface area contributed by atoms with Crippen LogP contribution in [0.15, 0.2) is 24.5 Å². The zero-order valence-electron chi connectivity index (χ0n) is 10.5. The molecule has 1 aromatic rings. The third-order valence-electron chi connectivity index (χ3n) is 4.45. The number of aromatic nitrogens is 1. The molecule has 0 spiro atoms. The lowest BCUT2D eigenvalue weighted by Gasteiger charge is -2.32. The highest BCUT2D eigenvalue weighted by Gasteiger charge is 2.36. The average Bonchev–Trinajstić information content (AvgIpc) is 2.78. The van der Waals surface area contributed by atoms with Gasteiger partial charge in [-0.2, -0.15) is 0 Å². The van der Waals surface area contributed by atoms with E-state index in [1.807, 2.05) is 18.5 Å². The van der Waals surface area contributed by atoms with Gasteiger partial charge in [-0.1, -0.05) is 12.5 Å². The topological polar surface area (TPSA) is 28.2 Å². The van der Waals surface area contributed by atoms with Gasteiger partial charge in [0.05, 0.1) is 0 Å². The average molecular weight is 231 g/mol. The van der Waals surface area contributed by atoms with Gasteiger partial charge in [-0.25, -0.2) is 0 Å². The maximum absolute atomic E-state index is 4.26. The number of likely N-dealkylation sites (N-methyl/N-ethyl adjacent to an activating group) is 1. The van der Waals surface area contributed by atoms with Gasteiger partial charge in [-0.15, -0.1) is 0 Å². The molecule has 0 bridgehead atoms. The van der Waals surface area contributed by atoms with Crippen LogP contribution in [-0.4, -0.2) is 36.1 Å². The lowest BCUT2D eigenvalue weighted by molar-refractivity contribution is 0.164. The Bertz CT molecular complexity index is 365. The fourth-order valence-electron chi connectivity index (χ4n) is 3.50. The Morgan fingerprint density at radius 1 is 1.35 bits per heavy atom. The van der Waals surface area contributed by atoms with E-state index in [-0.39, 0.29) is 0 Å². The van der Waals surface area contributed by atoms with Crippen LogP contribution in [0.25, 0.3) is 0 Å². The van der Waals surface area contributed by atoms with Crippen LogP contribution in [0.4, 0.5) is 0 Å². The number of fused-ring (bicyclic) bond motifs is 1. The fourth-order valence-corrected chi connectivity index (χ4v) is 3.50. The maximum Gasteiger partial charge on any atom is 0.0487 e. The third-order valence-corrected chi connectivity index (χ3v) is 4.45. The van der Waals surface area contributed by atoms with Gasteiger partial charge in [-0.05, 0) is 44.0 Å². The number of hydrogen-bond donors (Lipinski definition) is 1. The van der Waals surface area contributed by atoms with Crippen LogP contribution in [0.2, 0.25) is 0 Å². The first-order chi connectivity index (χ1) is 8.36. The van der Waals surface area contributed by atoms with Crippen molar-refractivity contribution in [1.29, 1.82) is 0 Å². The Labute approximate surface area is 103 Å². The van der Waals surface area contributed by atoms with Gasteiger partial charge < -0.3 is 5.32 Å². The minimum absolute atomic E-state index is 0.483. The predicted molar refractivity (Wildman–Crippen MR) is 68.7 cm³/mol. The molecule has 0 radical (unpaired) electrons. The number of pyridine rings is 1. The molecule has 3 rings (SSSR count). The lowest BCUT2D eigenvalue weighted by Crippen LogP contribution is -2.37. The molecule has 2 fully saturated rings. The summed E-state index contributed by atoms with van der Waals surface area (Å²) in [5.74, 6) is 0.849. The van der Waals surface area contributed by atoms with Crippen molar-refractivity contribution in [2.24, 2.45) is 5.92 Å². The summed E-state index contributed by atoms with van der Waals surface area (Å²) in [6, 6.07) is 5.48. The van der Waals surface area contributed by atoms with Crippen molar-refractivity contribution in [3.05, 3.63) is 30.1 Å². The number of nitrogens with zero attached hydrogens (tertiary/aromatic N) is 2. The molecule has 1 saturated heterocycles. The molecular formula is C14H21N3. The number of nitrogens with one attached hydrogen (secondary N) is 1. The molecule has 17 heavy (non-hydrogen) atoms. The van der Waals surface area contributed by atoms with Crippen molar-refractivity contribution in [2.45, 2.75) is 31.3 Å². The van der Waals surface area contributed by atoms with Crippen molar-refractivity contribution < 1.29 is 0 Å². The fraction of sp³-hybridized carbons (Fsp3) is 0.643. The van der Waals surface area contributed by atoms with Gasteiger partial charge >= 0.3 is 0 Å². The van der Waals surface area contributed by atoms with Gasteiger partial charge in [0, 0.05) is 31.0 Å². The highest BCUT2D eigenvalue weighted by Crippen LogP contribution is 2.35. The minimum Gasteiger partial charge on any atom is -0.314 e. The van der Waals surface area contributed by atoms with Crippen LogP contribution in [0.1, 0.15) is 30.9 Å². The summed E-state index contributed by atoms with van der Waals surface area (Å²) in [6.07, 6.45) is 8.01. The monoisotopic (exact) mass is 231 g/mol. The molecule has 3 atom stereocenters. The second kappa shape index (κ2) is 4.75. The van der Waals surface area contributed by atoms with E-state index in [0.29, 0.717) is 6.04 Å². The Morgan fingerprint density at radius 3 is 3.12 bits per heavy atom. The Balaban J connectivity index is 1.85. The van der Waals surface area contributed by atoms with Crippen LogP contribution in [-0.2, 0) is 0 Å². The van der Waals surface area contributed by atoms with Gasteiger partial charge in [-0.3, -0.25) is 9.88 Å².